The fourth-order valence-electron chi connectivity index (χ4n) is 4.54. The Morgan fingerprint density at radius 1 is 1.14 bits per heavy atom. The molecule has 1 amide bonds. The molecule has 2 aromatic rings. The third-order valence-corrected chi connectivity index (χ3v) is 5.75. The van der Waals surface area contributed by atoms with E-state index in [1.165, 1.54) is 0 Å². The number of hydrogen-bond donors (Lipinski definition) is 0. The molecule has 6 nitrogen and oxygen atoms in total. The van der Waals surface area contributed by atoms with Gasteiger partial charge in [0.05, 0.1) is 6.61 Å². The second kappa shape index (κ2) is 7.87. The molecule has 2 aliphatic heterocycles. The van der Waals surface area contributed by atoms with E-state index in [0.29, 0.717) is 12.5 Å². The summed E-state index contributed by atoms with van der Waals surface area (Å²) in [6.45, 7) is 7.08. The number of aromatic nitrogens is 2. The molecule has 3 heterocycles. The summed E-state index contributed by atoms with van der Waals surface area (Å²) in [5.41, 5.74) is 3.84. The minimum atomic E-state index is 0.129. The highest BCUT2D eigenvalue weighted by Crippen LogP contribution is 2.33. The number of nitrogens with zero attached hydrogens (tertiary/aromatic N) is 4. The highest BCUT2D eigenvalue weighted by molar-refractivity contribution is 5.96. The van der Waals surface area contributed by atoms with Crippen molar-refractivity contribution in [2.75, 3.05) is 38.3 Å². The zero-order valence-electron chi connectivity index (χ0n) is 16.9. The van der Waals surface area contributed by atoms with Crippen LogP contribution in [-0.2, 0) is 11.2 Å². The third-order valence-electron chi connectivity index (χ3n) is 5.75. The van der Waals surface area contributed by atoms with Gasteiger partial charge < -0.3 is 14.5 Å². The first-order chi connectivity index (χ1) is 13.5. The molecule has 28 heavy (non-hydrogen) atoms. The molecule has 2 saturated heterocycles. The highest BCUT2D eigenvalue weighted by Gasteiger charge is 2.41. The monoisotopic (exact) mass is 380 g/mol. The van der Waals surface area contributed by atoms with E-state index in [-0.39, 0.29) is 11.9 Å². The molecule has 2 bridgehead atoms. The van der Waals surface area contributed by atoms with Gasteiger partial charge in [-0.25, -0.2) is 9.97 Å². The number of aryl methyl sites for hydroxylation is 2. The van der Waals surface area contributed by atoms with Gasteiger partial charge in [0.2, 0.25) is 5.95 Å². The average molecular weight is 380 g/mol. The van der Waals surface area contributed by atoms with Crippen molar-refractivity contribution >= 4 is 11.9 Å². The van der Waals surface area contributed by atoms with Gasteiger partial charge >= 0.3 is 0 Å². The maximum absolute atomic E-state index is 13.3. The van der Waals surface area contributed by atoms with Crippen LogP contribution in [0.1, 0.15) is 33.7 Å². The number of hydrogen-bond acceptors (Lipinski definition) is 5. The molecule has 148 valence electrons. The van der Waals surface area contributed by atoms with Gasteiger partial charge in [0.25, 0.3) is 5.91 Å². The number of benzene rings is 1. The van der Waals surface area contributed by atoms with Gasteiger partial charge in [-0.2, -0.15) is 0 Å². The molecule has 0 saturated carbocycles. The van der Waals surface area contributed by atoms with Crippen molar-refractivity contribution in [2.24, 2.45) is 5.92 Å². The highest BCUT2D eigenvalue weighted by atomic mass is 16.5. The smallest absolute Gasteiger partial charge is 0.254 e. The molecule has 2 atom stereocenters. The van der Waals surface area contributed by atoms with Crippen LogP contribution >= 0.6 is 0 Å². The van der Waals surface area contributed by atoms with Crippen molar-refractivity contribution < 1.29 is 9.53 Å². The summed E-state index contributed by atoms with van der Waals surface area (Å²) >= 11 is 0. The van der Waals surface area contributed by atoms with E-state index in [1.807, 2.05) is 49.1 Å². The molecular formula is C22H28N4O2. The van der Waals surface area contributed by atoms with Crippen LogP contribution in [0.5, 0.6) is 0 Å². The Balaban J connectivity index is 1.53. The molecule has 6 heteroatoms. The second-order valence-corrected chi connectivity index (χ2v) is 7.97. The molecule has 0 aliphatic carbocycles. The summed E-state index contributed by atoms with van der Waals surface area (Å²) in [6.07, 6.45) is 1.85. The third kappa shape index (κ3) is 3.74. The lowest BCUT2D eigenvalue weighted by Gasteiger charge is -2.33. The Bertz CT molecular complexity index is 849. The molecule has 2 unspecified atom stereocenters. The molecule has 1 aromatic heterocycles. The molecule has 1 aromatic carbocycles. The van der Waals surface area contributed by atoms with Gasteiger partial charge in [0.15, 0.2) is 0 Å². The summed E-state index contributed by atoms with van der Waals surface area (Å²) < 4.78 is 5.21. The number of carbonyl (C=O) groups is 1. The van der Waals surface area contributed by atoms with Crippen LogP contribution in [0.15, 0.2) is 30.3 Å². The summed E-state index contributed by atoms with van der Waals surface area (Å²) in [5.74, 6) is 1.41. The first-order valence-corrected chi connectivity index (χ1v) is 10.00. The van der Waals surface area contributed by atoms with Crippen molar-refractivity contribution in [3.8, 4) is 0 Å². The Morgan fingerprint density at radius 2 is 1.89 bits per heavy atom. The molecule has 4 rings (SSSR count). The number of amides is 1. The number of rotatable bonds is 5. The van der Waals surface area contributed by atoms with Gasteiger partial charge in [0.1, 0.15) is 0 Å². The van der Waals surface area contributed by atoms with E-state index in [0.717, 1.165) is 60.9 Å². The maximum Gasteiger partial charge on any atom is 0.254 e. The predicted molar refractivity (Wildman–Crippen MR) is 109 cm³/mol. The number of likely N-dealkylation sites (tertiary alicyclic amines) is 1. The van der Waals surface area contributed by atoms with Crippen LogP contribution in [0, 0.1) is 19.8 Å². The topological polar surface area (TPSA) is 58.6 Å². The standard InChI is InChI=1S/C22H28N4O2/c1-15-10-16(2)24-22(23-15)26-13-17-11-19(26)14-25(12-17)21(27)20-7-5-4-6-18(20)8-9-28-3/h4-7,10,17,19H,8-9,11-14H2,1-3H3. The fourth-order valence-corrected chi connectivity index (χ4v) is 4.54. The number of fused-ring (bicyclic) bond motifs is 2. The molecule has 0 radical (unpaired) electrons. The predicted octanol–water partition coefficient (Wildman–Crippen LogP) is 2.63. The first-order valence-electron chi connectivity index (χ1n) is 10.00. The number of ether oxygens (including phenoxy) is 1. The normalized spacial score (nSPS) is 21.2. The molecule has 2 aliphatic rings. The van der Waals surface area contributed by atoms with Gasteiger partial charge in [-0.15, -0.1) is 0 Å². The van der Waals surface area contributed by atoms with Crippen molar-refractivity contribution in [1.82, 2.24) is 14.9 Å². The van der Waals surface area contributed by atoms with Crippen LogP contribution in [0.4, 0.5) is 5.95 Å². The lowest BCUT2D eigenvalue weighted by atomic mass is 9.97. The summed E-state index contributed by atoms with van der Waals surface area (Å²) in [7, 11) is 1.69. The zero-order chi connectivity index (χ0) is 19.7. The van der Waals surface area contributed by atoms with E-state index >= 15 is 0 Å². The van der Waals surface area contributed by atoms with Crippen molar-refractivity contribution in [3.05, 3.63) is 52.8 Å². The number of piperidine rings is 1. The van der Waals surface area contributed by atoms with Gasteiger partial charge in [0, 0.05) is 49.7 Å². The van der Waals surface area contributed by atoms with Crippen molar-refractivity contribution in [1.29, 1.82) is 0 Å². The van der Waals surface area contributed by atoms with Gasteiger partial charge in [-0.05, 0) is 50.3 Å². The Morgan fingerprint density at radius 3 is 2.64 bits per heavy atom. The molecular weight excluding hydrogens is 352 g/mol. The Labute approximate surface area is 166 Å². The van der Waals surface area contributed by atoms with Crippen LogP contribution < -0.4 is 4.90 Å². The van der Waals surface area contributed by atoms with Crippen LogP contribution in [0.25, 0.3) is 0 Å². The minimum Gasteiger partial charge on any atom is -0.384 e. The zero-order valence-corrected chi connectivity index (χ0v) is 16.9. The number of carbonyl (C=O) groups excluding carboxylic acids is 1. The lowest BCUT2D eigenvalue weighted by molar-refractivity contribution is 0.0692. The second-order valence-electron chi connectivity index (χ2n) is 7.97. The minimum absolute atomic E-state index is 0.129. The van der Waals surface area contributed by atoms with Gasteiger partial charge in [-0.1, -0.05) is 18.2 Å². The fraction of sp³-hybridized carbons (Fsp3) is 0.500. The number of methoxy groups -OCH3 is 1. The van der Waals surface area contributed by atoms with E-state index in [1.54, 1.807) is 7.11 Å². The van der Waals surface area contributed by atoms with Crippen LogP contribution in [0.3, 0.4) is 0 Å². The van der Waals surface area contributed by atoms with E-state index in [4.69, 9.17) is 4.74 Å². The van der Waals surface area contributed by atoms with E-state index in [9.17, 15) is 4.79 Å². The van der Waals surface area contributed by atoms with Crippen LogP contribution in [0.2, 0.25) is 0 Å². The summed E-state index contributed by atoms with van der Waals surface area (Å²) in [5, 5.41) is 0. The molecule has 2 fully saturated rings. The maximum atomic E-state index is 13.3. The molecule has 0 spiro atoms. The van der Waals surface area contributed by atoms with E-state index < -0.39 is 0 Å². The Hall–Kier alpha value is -2.47. The van der Waals surface area contributed by atoms with Crippen molar-refractivity contribution in [2.45, 2.75) is 32.7 Å². The molecule has 0 N–H and O–H groups in total. The summed E-state index contributed by atoms with van der Waals surface area (Å²) in [6, 6.07) is 10.2. The quantitative estimate of drug-likeness (QED) is 0.798. The Kier molecular flexibility index (Phi) is 5.31. The van der Waals surface area contributed by atoms with E-state index in [2.05, 4.69) is 14.9 Å². The SMILES string of the molecule is COCCc1ccccc1C(=O)N1CC2CC(C1)N(c1nc(C)cc(C)n1)C2. The lowest BCUT2D eigenvalue weighted by Crippen LogP contribution is -2.45. The average Bonchev–Trinajstić information content (AvgIpc) is 2.99. The largest absolute Gasteiger partial charge is 0.384 e. The summed E-state index contributed by atoms with van der Waals surface area (Å²) in [4.78, 5) is 26.9. The number of anilines is 1. The van der Waals surface area contributed by atoms with Gasteiger partial charge in [-0.3, -0.25) is 4.79 Å². The van der Waals surface area contributed by atoms with Crippen LogP contribution in [-0.4, -0.2) is 60.2 Å². The van der Waals surface area contributed by atoms with Crippen molar-refractivity contribution in [3.63, 3.8) is 0 Å². The first kappa shape index (κ1) is 18.9.